The minimum absolute atomic E-state index is 0.532. The van der Waals surface area contributed by atoms with Crippen LogP contribution in [-0.4, -0.2) is 13.7 Å². The largest absolute Gasteiger partial charge is 0.496 e. The Morgan fingerprint density at radius 3 is 2.71 bits per heavy atom. The highest BCUT2D eigenvalue weighted by atomic mass is 16.6. The predicted octanol–water partition coefficient (Wildman–Crippen LogP) is 2.79. The summed E-state index contributed by atoms with van der Waals surface area (Å²) in [7, 11) is 1.71. The number of hydrogen-bond donors (Lipinski definition) is 1. The molecule has 2 N–H and O–H groups in total. The van der Waals surface area contributed by atoms with Gasteiger partial charge in [-0.2, -0.15) is 0 Å². The number of benzene rings is 1. The van der Waals surface area contributed by atoms with Gasteiger partial charge in [-0.15, -0.1) is 0 Å². The SMILES string of the molecule is COc1ccc(C2CCCC2)cc1CCON. The molecule has 94 valence electrons. The zero-order valence-corrected chi connectivity index (χ0v) is 10.4. The van der Waals surface area contributed by atoms with E-state index in [0.717, 1.165) is 18.1 Å². The van der Waals surface area contributed by atoms with Crippen LogP contribution >= 0.6 is 0 Å². The first-order chi connectivity index (χ1) is 8.35. The van der Waals surface area contributed by atoms with Crippen LogP contribution in [0.3, 0.4) is 0 Å². The molecular formula is C14H21NO2. The van der Waals surface area contributed by atoms with Crippen molar-refractivity contribution in [2.24, 2.45) is 5.90 Å². The second-order valence-corrected chi connectivity index (χ2v) is 4.67. The first-order valence-electron chi connectivity index (χ1n) is 6.33. The van der Waals surface area contributed by atoms with Crippen LogP contribution in [0.5, 0.6) is 5.75 Å². The molecule has 0 aromatic heterocycles. The molecule has 1 saturated carbocycles. The van der Waals surface area contributed by atoms with Gasteiger partial charge in [0.1, 0.15) is 5.75 Å². The molecule has 3 heteroatoms. The van der Waals surface area contributed by atoms with Crippen molar-refractivity contribution < 1.29 is 9.57 Å². The van der Waals surface area contributed by atoms with E-state index in [0.29, 0.717) is 6.61 Å². The van der Waals surface area contributed by atoms with Gasteiger partial charge >= 0.3 is 0 Å². The molecule has 3 nitrogen and oxygen atoms in total. The van der Waals surface area contributed by atoms with Crippen molar-refractivity contribution in [3.63, 3.8) is 0 Å². The van der Waals surface area contributed by atoms with Crippen molar-refractivity contribution >= 4 is 0 Å². The Morgan fingerprint density at radius 2 is 2.06 bits per heavy atom. The summed E-state index contributed by atoms with van der Waals surface area (Å²) < 4.78 is 5.36. The quantitative estimate of drug-likeness (QED) is 0.798. The molecular weight excluding hydrogens is 214 g/mol. The standard InChI is InChI=1S/C14H21NO2/c1-16-14-7-6-12(11-4-2-3-5-11)10-13(14)8-9-17-15/h6-7,10-11H,2-5,8-9,15H2,1H3. The van der Waals surface area contributed by atoms with E-state index in [1.54, 1.807) is 7.11 Å². The Hall–Kier alpha value is -1.06. The van der Waals surface area contributed by atoms with E-state index in [-0.39, 0.29) is 0 Å². The van der Waals surface area contributed by atoms with Gasteiger partial charge in [0.2, 0.25) is 0 Å². The van der Waals surface area contributed by atoms with E-state index < -0.39 is 0 Å². The molecule has 0 atom stereocenters. The fourth-order valence-electron chi connectivity index (χ4n) is 2.68. The van der Waals surface area contributed by atoms with Crippen LogP contribution in [0, 0.1) is 0 Å². The Kier molecular flexibility index (Phi) is 4.40. The Labute approximate surface area is 103 Å². The molecule has 1 aromatic carbocycles. The third-order valence-electron chi connectivity index (χ3n) is 3.62. The fraction of sp³-hybridized carbons (Fsp3) is 0.571. The van der Waals surface area contributed by atoms with E-state index in [1.165, 1.54) is 36.8 Å². The molecule has 0 spiro atoms. The number of nitrogens with two attached hydrogens (primary N) is 1. The summed E-state index contributed by atoms with van der Waals surface area (Å²) in [6.07, 6.45) is 6.16. The molecule has 17 heavy (non-hydrogen) atoms. The number of methoxy groups -OCH3 is 1. The van der Waals surface area contributed by atoms with Gasteiger partial charge < -0.3 is 9.57 Å². The van der Waals surface area contributed by atoms with E-state index in [1.807, 2.05) is 0 Å². The molecule has 0 amide bonds. The highest BCUT2D eigenvalue weighted by molar-refractivity contribution is 5.39. The molecule has 1 fully saturated rings. The second-order valence-electron chi connectivity index (χ2n) is 4.67. The molecule has 0 radical (unpaired) electrons. The lowest BCUT2D eigenvalue weighted by Crippen LogP contribution is -2.05. The van der Waals surface area contributed by atoms with Gasteiger partial charge in [0.25, 0.3) is 0 Å². The molecule has 1 aromatic rings. The van der Waals surface area contributed by atoms with Gasteiger partial charge in [0, 0.05) is 6.42 Å². The lowest BCUT2D eigenvalue weighted by molar-refractivity contribution is 0.140. The zero-order valence-electron chi connectivity index (χ0n) is 10.4. The minimum Gasteiger partial charge on any atom is -0.496 e. The molecule has 0 bridgehead atoms. The van der Waals surface area contributed by atoms with E-state index >= 15 is 0 Å². The first kappa shape index (κ1) is 12.4. The van der Waals surface area contributed by atoms with Crippen LogP contribution < -0.4 is 10.6 Å². The van der Waals surface area contributed by atoms with Crippen molar-refractivity contribution in [1.82, 2.24) is 0 Å². The third-order valence-corrected chi connectivity index (χ3v) is 3.62. The zero-order chi connectivity index (χ0) is 12.1. The van der Waals surface area contributed by atoms with Crippen LogP contribution in [0.1, 0.15) is 42.7 Å². The van der Waals surface area contributed by atoms with Crippen molar-refractivity contribution in [1.29, 1.82) is 0 Å². The van der Waals surface area contributed by atoms with Crippen molar-refractivity contribution in [3.05, 3.63) is 29.3 Å². The van der Waals surface area contributed by atoms with Crippen molar-refractivity contribution in [2.45, 2.75) is 38.0 Å². The first-order valence-corrected chi connectivity index (χ1v) is 6.33. The van der Waals surface area contributed by atoms with Gasteiger partial charge in [0.05, 0.1) is 13.7 Å². The summed E-state index contributed by atoms with van der Waals surface area (Å²) in [5.41, 5.74) is 2.64. The van der Waals surface area contributed by atoms with E-state index in [4.69, 9.17) is 10.6 Å². The fourth-order valence-corrected chi connectivity index (χ4v) is 2.68. The summed E-state index contributed by atoms with van der Waals surface area (Å²) in [6.45, 7) is 0.532. The van der Waals surface area contributed by atoms with Crippen LogP contribution in [0.15, 0.2) is 18.2 Å². The molecule has 1 aliphatic rings. The smallest absolute Gasteiger partial charge is 0.122 e. The maximum Gasteiger partial charge on any atom is 0.122 e. The Balaban J connectivity index is 2.17. The monoisotopic (exact) mass is 235 g/mol. The van der Waals surface area contributed by atoms with Crippen LogP contribution in [0.25, 0.3) is 0 Å². The summed E-state index contributed by atoms with van der Waals surface area (Å²) in [5, 5.41) is 0. The summed E-state index contributed by atoms with van der Waals surface area (Å²) in [4.78, 5) is 4.66. The van der Waals surface area contributed by atoms with E-state index in [9.17, 15) is 0 Å². The second kappa shape index (κ2) is 6.03. The van der Waals surface area contributed by atoms with Crippen LogP contribution in [-0.2, 0) is 11.3 Å². The summed E-state index contributed by atoms with van der Waals surface area (Å²) >= 11 is 0. The Bertz CT molecular complexity index is 359. The molecule has 0 aliphatic heterocycles. The molecule has 0 unspecified atom stereocenters. The number of rotatable bonds is 5. The van der Waals surface area contributed by atoms with Crippen molar-refractivity contribution in [3.8, 4) is 5.75 Å². The number of hydrogen-bond acceptors (Lipinski definition) is 3. The molecule has 2 rings (SSSR count). The molecule has 0 saturated heterocycles. The van der Waals surface area contributed by atoms with Crippen LogP contribution in [0.2, 0.25) is 0 Å². The average molecular weight is 235 g/mol. The van der Waals surface area contributed by atoms with Gasteiger partial charge in [-0.1, -0.05) is 25.0 Å². The van der Waals surface area contributed by atoms with Gasteiger partial charge in [-0.05, 0) is 36.0 Å². The normalized spacial score (nSPS) is 16.4. The predicted molar refractivity (Wildman–Crippen MR) is 68.0 cm³/mol. The maximum atomic E-state index is 5.36. The molecule has 0 heterocycles. The number of ether oxygens (including phenoxy) is 1. The highest BCUT2D eigenvalue weighted by Crippen LogP contribution is 2.35. The topological polar surface area (TPSA) is 44.5 Å². The minimum atomic E-state index is 0.532. The highest BCUT2D eigenvalue weighted by Gasteiger charge is 2.18. The molecule has 1 aliphatic carbocycles. The Morgan fingerprint density at radius 1 is 1.29 bits per heavy atom. The maximum absolute atomic E-state index is 5.36. The lowest BCUT2D eigenvalue weighted by Gasteiger charge is -2.14. The summed E-state index contributed by atoms with van der Waals surface area (Å²) in [5.74, 6) is 6.76. The third kappa shape index (κ3) is 2.99. The lowest BCUT2D eigenvalue weighted by atomic mass is 9.95. The van der Waals surface area contributed by atoms with Gasteiger partial charge in [-0.25, -0.2) is 5.90 Å². The van der Waals surface area contributed by atoms with E-state index in [2.05, 4.69) is 23.0 Å². The summed E-state index contributed by atoms with van der Waals surface area (Å²) in [6, 6.07) is 6.52. The van der Waals surface area contributed by atoms with Crippen LogP contribution in [0.4, 0.5) is 0 Å². The average Bonchev–Trinajstić information content (AvgIpc) is 2.89. The van der Waals surface area contributed by atoms with Crippen molar-refractivity contribution in [2.75, 3.05) is 13.7 Å². The van der Waals surface area contributed by atoms with Gasteiger partial charge in [-0.3, -0.25) is 0 Å². The van der Waals surface area contributed by atoms with Gasteiger partial charge in [0.15, 0.2) is 0 Å².